The minimum atomic E-state index is -0.0926. The summed E-state index contributed by atoms with van der Waals surface area (Å²) in [6.07, 6.45) is 1.70. The number of hydrogen-bond acceptors (Lipinski definition) is 7. The number of rotatable bonds is 6. The first kappa shape index (κ1) is 39.8. The van der Waals surface area contributed by atoms with Gasteiger partial charge in [0.15, 0.2) is 14.3 Å². The smallest absolute Gasteiger partial charge is 0.262 e. The maximum absolute atomic E-state index is 12.5. The van der Waals surface area contributed by atoms with Crippen molar-refractivity contribution in [2.75, 3.05) is 0 Å². The molecule has 4 heterocycles. The van der Waals surface area contributed by atoms with Crippen LogP contribution in [0.3, 0.4) is 0 Å². The summed E-state index contributed by atoms with van der Waals surface area (Å²) < 4.78 is 5.96. The molecule has 5 aromatic carbocycles. The van der Waals surface area contributed by atoms with E-state index < -0.39 is 0 Å². The standard InChI is InChI=1S/C15H11ClN2OS.C15H12N2OS.C14H11N3OS/c16-11-7-5-10(6-8-11)9-18-14(19)12-3-1-2-4-13(12)17-15(18)20;18-14-12-8-4-5-9-13(12)16-15(19)17(14)10-11-6-2-1-3-7-11;18-13-11-6-1-2-7-12(11)16-14(19)17(13)9-10-5-3-4-8-15-10/h1-8H,9H2,(H,17,20);1-9H,10H2,(H,16,19);1-8H,9H2,(H,16,19). The van der Waals surface area contributed by atoms with Crippen molar-refractivity contribution in [3.8, 4) is 0 Å². The normalized spacial score (nSPS) is 10.8. The molecule has 4 aromatic heterocycles. The second kappa shape index (κ2) is 18.3. The third-order valence-electron chi connectivity index (χ3n) is 9.15. The number of benzene rings is 5. The van der Waals surface area contributed by atoms with Crippen molar-refractivity contribution in [3.63, 3.8) is 0 Å². The van der Waals surface area contributed by atoms with Gasteiger partial charge in [-0.2, -0.15) is 0 Å². The van der Waals surface area contributed by atoms with E-state index in [1.165, 1.54) is 4.57 Å². The number of hydrogen-bond donors (Lipinski definition) is 3. The van der Waals surface area contributed by atoms with Crippen molar-refractivity contribution < 1.29 is 0 Å². The summed E-state index contributed by atoms with van der Waals surface area (Å²) in [6, 6.07) is 44.9. The number of pyridine rings is 1. The van der Waals surface area contributed by atoms with Crippen LogP contribution >= 0.6 is 48.3 Å². The van der Waals surface area contributed by atoms with Gasteiger partial charge >= 0.3 is 0 Å². The average molecular weight is 840 g/mol. The molecule has 0 radical (unpaired) electrons. The highest BCUT2D eigenvalue weighted by atomic mass is 35.5. The van der Waals surface area contributed by atoms with E-state index in [4.69, 9.17) is 48.3 Å². The predicted molar refractivity (Wildman–Crippen MR) is 240 cm³/mol. The van der Waals surface area contributed by atoms with Gasteiger partial charge in [-0.15, -0.1) is 0 Å². The number of fused-ring (bicyclic) bond motifs is 3. The third-order valence-corrected chi connectivity index (χ3v) is 10.4. The minimum Gasteiger partial charge on any atom is -0.332 e. The van der Waals surface area contributed by atoms with Crippen LogP contribution in [0.1, 0.15) is 16.8 Å². The molecule has 0 saturated heterocycles. The van der Waals surface area contributed by atoms with Crippen LogP contribution in [0, 0.1) is 14.3 Å². The molecule has 14 heteroatoms. The van der Waals surface area contributed by atoms with Crippen LogP contribution < -0.4 is 16.7 Å². The Bertz CT molecular complexity index is 3110. The summed E-state index contributed by atoms with van der Waals surface area (Å²) in [5.41, 5.74) is 4.91. The molecular weight excluding hydrogens is 806 g/mol. The lowest BCUT2D eigenvalue weighted by Crippen LogP contribution is -2.23. The van der Waals surface area contributed by atoms with Crippen LogP contribution in [-0.2, 0) is 19.6 Å². The fraction of sp³-hybridized carbons (Fsp3) is 0.0682. The summed E-state index contributed by atoms with van der Waals surface area (Å²) in [4.78, 5) is 50.8. The van der Waals surface area contributed by atoms with E-state index in [1.807, 2.05) is 121 Å². The van der Waals surface area contributed by atoms with E-state index in [1.54, 1.807) is 39.6 Å². The topological polar surface area (TPSA) is 126 Å². The second-order valence-electron chi connectivity index (χ2n) is 13.0. The molecule has 3 N–H and O–H groups in total. The van der Waals surface area contributed by atoms with E-state index in [0.29, 0.717) is 55.1 Å². The summed E-state index contributed by atoms with van der Waals surface area (Å²) in [7, 11) is 0. The van der Waals surface area contributed by atoms with Gasteiger partial charge < -0.3 is 15.0 Å². The van der Waals surface area contributed by atoms with Gasteiger partial charge in [-0.3, -0.25) is 33.1 Å². The highest BCUT2D eigenvalue weighted by Crippen LogP contribution is 2.13. The van der Waals surface area contributed by atoms with E-state index >= 15 is 0 Å². The highest BCUT2D eigenvalue weighted by molar-refractivity contribution is 7.71. The van der Waals surface area contributed by atoms with Gasteiger partial charge in [0.2, 0.25) is 0 Å². The lowest BCUT2D eigenvalue weighted by Gasteiger charge is -2.08. The SMILES string of the molecule is O=c1c2ccccc2[nH]c(=S)n1Cc1ccc(Cl)cc1.O=c1c2ccccc2[nH]c(=S)n1Cc1ccccc1.O=c1c2ccccc2[nH]c(=S)n1Cc1ccccn1. The zero-order valence-corrected chi connectivity index (χ0v) is 33.9. The fourth-order valence-corrected chi connectivity index (χ4v) is 7.12. The molecule has 0 atom stereocenters. The van der Waals surface area contributed by atoms with Crippen LogP contribution in [0.25, 0.3) is 32.7 Å². The van der Waals surface area contributed by atoms with Crippen LogP contribution in [0.15, 0.2) is 166 Å². The lowest BCUT2D eigenvalue weighted by molar-refractivity contribution is 0.717. The Morgan fingerprint density at radius 2 is 0.828 bits per heavy atom. The molecular formula is C44H34ClN7O3S3. The number of nitrogens with one attached hydrogen (secondary N) is 3. The molecule has 10 nitrogen and oxygen atoms in total. The molecule has 0 bridgehead atoms. The first-order valence-electron chi connectivity index (χ1n) is 18.0. The van der Waals surface area contributed by atoms with Gasteiger partial charge in [-0.05, 0) is 108 Å². The van der Waals surface area contributed by atoms with Crippen molar-refractivity contribution in [2.45, 2.75) is 19.6 Å². The fourth-order valence-electron chi connectivity index (χ4n) is 6.22. The molecule has 288 valence electrons. The Balaban J connectivity index is 0.000000132. The number of nitrogens with zero attached hydrogens (tertiary/aromatic N) is 4. The summed E-state index contributed by atoms with van der Waals surface area (Å²) in [6.45, 7) is 1.29. The Hall–Kier alpha value is -6.38. The van der Waals surface area contributed by atoms with Crippen molar-refractivity contribution in [3.05, 3.63) is 219 Å². The van der Waals surface area contributed by atoms with Gasteiger partial charge in [0.05, 0.1) is 58.0 Å². The molecule has 0 fully saturated rings. The van der Waals surface area contributed by atoms with Crippen LogP contribution in [0.5, 0.6) is 0 Å². The highest BCUT2D eigenvalue weighted by Gasteiger charge is 2.08. The number of halogens is 1. The van der Waals surface area contributed by atoms with Crippen molar-refractivity contribution in [1.29, 1.82) is 0 Å². The van der Waals surface area contributed by atoms with Crippen LogP contribution in [-0.4, -0.2) is 33.6 Å². The molecule has 0 amide bonds. The molecule has 0 spiro atoms. The molecule has 58 heavy (non-hydrogen) atoms. The number of aromatic nitrogens is 7. The second-order valence-corrected chi connectivity index (χ2v) is 14.6. The molecule has 0 aliphatic heterocycles. The van der Waals surface area contributed by atoms with Gasteiger partial charge in [0, 0.05) is 11.2 Å². The molecule has 0 saturated carbocycles. The quantitative estimate of drug-likeness (QED) is 0.143. The average Bonchev–Trinajstić information content (AvgIpc) is 3.24. The van der Waals surface area contributed by atoms with E-state index in [0.717, 1.165) is 33.4 Å². The van der Waals surface area contributed by atoms with Gasteiger partial charge in [0.1, 0.15) is 0 Å². The molecule has 9 aromatic rings. The minimum absolute atomic E-state index is 0.0526. The van der Waals surface area contributed by atoms with E-state index in [-0.39, 0.29) is 16.7 Å². The first-order chi connectivity index (χ1) is 28.2. The number of H-pyrrole nitrogens is 3. The Morgan fingerprint density at radius 1 is 0.448 bits per heavy atom. The molecule has 0 aliphatic carbocycles. The third kappa shape index (κ3) is 9.25. The number of aromatic amines is 3. The van der Waals surface area contributed by atoms with Crippen LogP contribution in [0.4, 0.5) is 0 Å². The Morgan fingerprint density at radius 3 is 1.26 bits per heavy atom. The zero-order valence-electron chi connectivity index (χ0n) is 30.7. The van der Waals surface area contributed by atoms with Gasteiger partial charge in [-0.25, -0.2) is 0 Å². The summed E-state index contributed by atoms with van der Waals surface area (Å²) in [5.74, 6) is 0. The summed E-state index contributed by atoms with van der Waals surface area (Å²) in [5, 5.41) is 2.60. The van der Waals surface area contributed by atoms with E-state index in [9.17, 15) is 14.4 Å². The first-order valence-corrected chi connectivity index (χ1v) is 19.6. The predicted octanol–water partition coefficient (Wildman–Crippen LogP) is 9.37. The summed E-state index contributed by atoms with van der Waals surface area (Å²) >= 11 is 21.7. The Labute approximate surface area is 351 Å². The molecule has 0 aliphatic rings. The molecule has 0 unspecified atom stereocenters. The monoisotopic (exact) mass is 839 g/mol. The molecule has 9 rings (SSSR count). The van der Waals surface area contributed by atoms with Crippen LogP contribution in [0.2, 0.25) is 5.02 Å². The van der Waals surface area contributed by atoms with Gasteiger partial charge in [0.25, 0.3) is 16.7 Å². The zero-order chi connectivity index (χ0) is 40.6. The largest absolute Gasteiger partial charge is 0.332 e. The van der Waals surface area contributed by atoms with Gasteiger partial charge in [-0.1, -0.05) is 96.5 Å². The number of para-hydroxylation sites is 3. The van der Waals surface area contributed by atoms with E-state index in [2.05, 4.69) is 19.9 Å². The maximum Gasteiger partial charge on any atom is 0.262 e. The lowest BCUT2D eigenvalue weighted by atomic mass is 10.2. The maximum atomic E-state index is 12.5. The van der Waals surface area contributed by atoms with Crippen molar-refractivity contribution in [1.82, 2.24) is 33.6 Å². The van der Waals surface area contributed by atoms with Crippen molar-refractivity contribution in [2.24, 2.45) is 0 Å². The van der Waals surface area contributed by atoms with Crippen molar-refractivity contribution >= 4 is 81.0 Å². The Kier molecular flexibility index (Phi) is 12.5.